The fourth-order valence-corrected chi connectivity index (χ4v) is 4.91. The first-order valence-electron chi connectivity index (χ1n) is 9.90. The molecule has 0 radical (unpaired) electrons. The zero-order valence-corrected chi connectivity index (χ0v) is 16.6. The fourth-order valence-electron chi connectivity index (χ4n) is 4.91. The van der Waals surface area contributed by atoms with Crippen molar-refractivity contribution in [3.63, 3.8) is 0 Å². The average Bonchev–Trinajstić information content (AvgIpc) is 3.20. The predicted molar refractivity (Wildman–Crippen MR) is 119 cm³/mol. The number of hydrogen-bond donors (Lipinski definition) is 1. The summed E-state index contributed by atoms with van der Waals surface area (Å²) in [6.07, 6.45) is 3.67. The summed E-state index contributed by atoms with van der Waals surface area (Å²) in [5, 5.41) is 3.42. The van der Waals surface area contributed by atoms with Crippen molar-refractivity contribution in [3.05, 3.63) is 77.7 Å². The number of nitrogens with zero attached hydrogens (tertiary/aromatic N) is 3. The van der Waals surface area contributed by atoms with Gasteiger partial charge in [0.2, 0.25) is 0 Å². The van der Waals surface area contributed by atoms with E-state index in [0.29, 0.717) is 0 Å². The van der Waals surface area contributed by atoms with Gasteiger partial charge in [-0.25, -0.2) is 0 Å². The van der Waals surface area contributed by atoms with Crippen LogP contribution in [0.4, 0.5) is 5.69 Å². The van der Waals surface area contributed by atoms with Crippen molar-refractivity contribution in [2.45, 2.75) is 26.2 Å². The highest BCUT2D eigenvalue weighted by Crippen LogP contribution is 2.50. The Morgan fingerprint density at radius 1 is 0.793 bits per heavy atom. The zero-order chi connectivity index (χ0) is 19.8. The molecule has 0 bridgehead atoms. The third kappa shape index (κ3) is 2.06. The van der Waals surface area contributed by atoms with Crippen LogP contribution in [0.1, 0.15) is 30.7 Å². The number of aromatic amines is 1. The minimum atomic E-state index is -0.254. The minimum Gasteiger partial charge on any atom is -0.358 e. The van der Waals surface area contributed by atoms with Crippen LogP contribution in [0.5, 0.6) is 0 Å². The van der Waals surface area contributed by atoms with E-state index < -0.39 is 0 Å². The van der Waals surface area contributed by atoms with E-state index in [2.05, 4.69) is 72.1 Å². The predicted octanol–water partition coefficient (Wildman–Crippen LogP) is 5.98. The fraction of sp³-hybridized carbons (Fsp3) is 0.160. The molecule has 0 amide bonds. The van der Waals surface area contributed by atoms with Crippen molar-refractivity contribution >= 4 is 44.1 Å². The molecule has 0 aliphatic carbocycles. The molecule has 4 heteroatoms. The smallest absolute Gasteiger partial charge is 0.0986 e. The van der Waals surface area contributed by atoms with Crippen LogP contribution in [-0.4, -0.2) is 20.7 Å². The molecule has 0 unspecified atom stereocenters. The Bertz CT molecular complexity index is 1490. The highest BCUT2D eigenvalue weighted by molar-refractivity contribution is 6.25. The highest BCUT2D eigenvalue weighted by atomic mass is 14.9. The Kier molecular flexibility index (Phi) is 3.12. The number of H-pyrrole nitrogens is 1. The van der Waals surface area contributed by atoms with Gasteiger partial charge in [0.15, 0.2) is 0 Å². The molecule has 0 fully saturated rings. The van der Waals surface area contributed by atoms with E-state index in [1.165, 1.54) is 16.5 Å². The Hall–Kier alpha value is -3.53. The molecule has 1 N–H and O–H groups in total. The van der Waals surface area contributed by atoms with Crippen molar-refractivity contribution in [1.29, 1.82) is 0 Å². The topological polar surface area (TPSA) is 53.9 Å². The number of fused-ring (bicyclic) bond motifs is 7. The molecule has 6 rings (SSSR count). The van der Waals surface area contributed by atoms with Crippen LogP contribution in [0.25, 0.3) is 32.7 Å². The van der Waals surface area contributed by atoms with Crippen molar-refractivity contribution in [1.82, 2.24) is 15.0 Å². The second kappa shape index (κ2) is 5.51. The summed E-state index contributed by atoms with van der Waals surface area (Å²) in [7, 11) is 0. The SMILES string of the molecule is Cc1[nH]c2ccccc2c1C1=Nc2c(c3cccnc3c3ncccc23)C1(C)C. The first-order valence-corrected chi connectivity index (χ1v) is 9.90. The maximum Gasteiger partial charge on any atom is 0.0986 e. The summed E-state index contributed by atoms with van der Waals surface area (Å²) in [6.45, 7) is 6.68. The molecule has 0 spiro atoms. The van der Waals surface area contributed by atoms with E-state index in [4.69, 9.17) is 4.99 Å². The molecule has 0 saturated carbocycles. The number of aromatic nitrogens is 3. The largest absolute Gasteiger partial charge is 0.358 e. The number of rotatable bonds is 1. The molecule has 4 nitrogen and oxygen atoms in total. The molecular weight excluding hydrogens is 356 g/mol. The van der Waals surface area contributed by atoms with E-state index in [-0.39, 0.29) is 5.41 Å². The first kappa shape index (κ1) is 16.4. The third-order valence-corrected chi connectivity index (χ3v) is 6.17. The molecule has 29 heavy (non-hydrogen) atoms. The normalized spacial score (nSPS) is 15.2. The molecule has 0 atom stereocenters. The summed E-state index contributed by atoms with van der Waals surface area (Å²) in [4.78, 5) is 18.1. The summed E-state index contributed by atoms with van der Waals surface area (Å²) in [6, 6.07) is 16.7. The number of para-hydroxylation sites is 1. The minimum absolute atomic E-state index is 0.254. The van der Waals surface area contributed by atoms with Gasteiger partial charge in [-0.1, -0.05) is 38.1 Å². The quantitative estimate of drug-likeness (QED) is 0.366. The lowest BCUT2D eigenvalue weighted by molar-refractivity contribution is 0.744. The monoisotopic (exact) mass is 376 g/mol. The Morgan fingerprint density at radius 3 is 2.24 bits per heavy atom. The molecular formula is C25H20N4. The average molecular weight is 376 g/mol. The van der Waals surface area contributed by atoms with Crippen LogP contribution in [0, 0.1) is 6.92 Å². The van der Waals surface area contributed by atoms with E-state index in [0.717, 1.165) is 44.4 Å². The van der Waals surface area contributed by atoms with Gasteiger partial charge < -0.3 is 4.98 Å². The molecule has 2 aromatic carbocycles. The van der Waals surface area contributed by atoms with Crippen molar-refractivity contribution < 1.29 is 0 Å². The van der Waals surface area contributed by atoms with E-state index in [1.807, 2.05) is 24.5 Å². The van der Waals surface area contributed by atoms with Gasteiger partial charge in [-0.05, 0) is 36.8 Å². The maximum atomic E-state index is 5.26. The van der Waals surface area contributed by atoms with Crippen LogP contribution in [0.15, 0.2) is 65.9 Å². The molecule has 1 aliphatic heterocycles. The van der Waals surface area contributed by atoms with Crippen LogP contribution < -0.4 is 0 Å². The van der Waals surface area contributed by atoms with Gasteiger partial charge in [-0.3, -0.25) is 15.0 Å². The molecule has 140 valence electrons. The van der Waals surface area contributed by atoms with Gasteiger partial charge in [0.1, 0.15) is 0 Å². The van der Waals surface area contributed by atoms with Crippen molar-refractivity contribution in [2.24, 2.45) is 4.99 Å². The lowest BCUT2D eigenvalue weighted by Gasteiger charge is -2.24. The van der Waals surface area contributed by atoms with Crippen molar-refractivity contribution in [2.75, 3.05) is 0 Å². The zero-order valence-electron chi connectivity index (χ0n) is 16.6. The second-order valence-electron chi connectivity index (χ2n) is 8.28. The van der Waals surface area contributed by atoms with Crippen LogP contribution in [0.3, 0.4) is 0 Å². The first-order chi connectivity index (χ1) is 14.1. The van der Waals surface area contributed by atoms with Gasteiger partial charge in [0.25, 0.3) is 0 Å². The second-order valence-corrected chi connectivity index (χ2v) is 8.28. The summed E-state index contributed by atoms with van der Waals surface area (Å²) >= 11 is 0. The number of hydrogen-bond acceptors (Lipinski definition) is 3. The summed E-state index contributed by atoms with van der Waals surface area (Å²) in [5.41, 5.74) is 8.47. The lowest BCUT2D eigenvalue weighted by atomic mass is 9.76. The summed E-state index contributed by atoms with van der Waals surface area (Å²) < 4.78 is 0. The third-order valence-electron chi connectivity index (χ3n) is 6.17. The maximum absolute atomic E-state index is 5.26. The molecule has 0 saturated heterocycles. The van der Waals surface area contributed by atoms with Gasteiger partial charge >= 0.3 is 0 Å². The lowest BCUT2D eigenvalue weighted by Crippen LogP contribution is -2.27. The van der Waals surface area contributed by atoms with Crippen LogP contribution >= 0.6 is 0 Å². The van der Waals surface area contributed by atoms with E-state index >= 15 is 0 Å². The number of benzene rings is 2. The molecule has 5 aromatic rings. The van der Waals surface area contributed by atoms with Crippen molar-refractivity contribution in [3.8, 4) is 0 Å². The molecule has 3 aromatic heterocycles. The van der Waals surface area contributed by atoms with Crippen LogP contribution in [-0.2, 0) is 5.41 Å². The van der Waals surface area contributed by atoms with Crippen LogP contribution in [0.2, 0.25) is 0 Å². The van der Waals surface area contributed by atoms with Gasteiger partial charge in [-0.15, -0.1) is 0 Å². The Labute approximate surface area is 168 Å². The number of aliphatic imine (C=N–C) groups is 1. The van der Waals surface area contributed by atoms with Gasteiger partial charge in [-0.2, -0.15) is 0 Å². The number of aryl methyl sites for hydroxylation is 1. The van der Waals surface area contributed by atoms with E-state index in [1.54, 1.807) is 0 Å². The Morgan fingerprint density at radius 2 is 1.45 bits per heavy atom. The van der Waals surface area contributed by atoms with Gasteiger partial charge in [0.05, 0.1) is 22.4 Å². The van der Waals surface area contributed by atoms with Gasteiger partial charge in [0, 0.05) is 50.7 Å². The molecule has 1 aliphatic rings. The number of nitrogens with one attached hydrogen (secondary N) is 1. The highest BCUT2D eigenvalue weighted by Gasteiger charge is 2.40. The van der Waals surface area contributed by atoms with E-state index in [9.17, 15) is 0 Å². The molecule has 4 heterocycles. The Balaban J connectivity index is 1.76. The standard InChI is InChI=1S/C25H20N4/c1-14-19(15-8-4-5-11-18(15)28-14)24-25(2,3)20-16-9-6-12-26-22(16)23-17(21(20)29-24)10-7-13-27-23/h4-13,28H,1-3H3. The number of pyridine rings is 2. The summed E-state index contributed by atoms with van der Waals surface area (Å²) in [5.74, 6) is 0.